The van der Waals surface area contributed by atoms with Gasteiger partial charge in [0, 0.05) is 5.38 Å². The smallest absolute Gasteiger partial charge is 0.0896 e. The molecule has 0 radical (unpaired) electrons. The molecule has 0 aromatic carbocycles. The van der Waals surface area contributed by atoms with Crippen LogP contribution in [0.2, 0.25) is 0 Å². The van der Waals surface area contributed by atoms with Crippen LogP contribution in [0.1, 0.15) is 18.5 Å². The Labute approximate surface area is 88.5 Å². The van der Waals surface area contributed by atoms with Crippen molar-refractivity contribution in [3.63, 3.8) is 0 Å². The summed E-state index contributed by atoms with van der Waals surface area (Å²) in [6.45, 7) is 3.85. The third-order valence-corrected chi connectivity index (χ3v) is 3.18. The summed E-state index contributed by atoms with van der Waals surface area (Å²) in [7, 11) is 0. The Morgan fingerprint density at radius 3 is 3.07 bits per heavy atom. The number of aromatic nitrogens is 1. The fourth-order valence-electron chi connectivity index (χ4n) is 1.69. The molecule has 1 aromatic rings. The quantitative estimate of drug-likeness (QED) is 0.824. The molecule has 1 aliphatic heterocycles. The lowest BCUT2D eigenvalue weighted by molar-refractivity contribution is 0.0747. The Bertz CT molecular complexity index is 245. The molecule has 2 heterocycles. The van der Waals surface area contributed by atoms with E-state index in [9.17, 15) is 0 Å². The molecule has 1 aliphatic rings. The normalized spacial score (nSPS) is 18.6. The van der Waals surface area contributed by atoms with Gasteiger partial charge in [-0.25, -0.2) is 4.98 Å². The molecule has 4 heteroatoms. The zero-order chi connectivity index (χ0) is 9.64. The highest BCUT2D eigenvalue weighted by atomic mass is 32.1. The first-order chi connectivity index (χ1) is 6.95. The molecule has 2 rings (SSSR count). The Balaban J connectivity index is 1.62. The average Bonchev–Trinajstić information content (AvgIpc) is 2.72. The van der Waals surface area contributed by atoms with Gasteiger partial charge in [-0.2, -0.15) is 0 Å². The fourth-order valence-corrected chi connectivity index (χ4v) is 2.23. The van der Waals surface area contributed by atoms with Crippen LogP contribution in [0.5, 0.6) is 0 Å². The van der Waals surface area contributed by atoms with Gasteiger partial charge in [0.05, 0.1) is 24.4 Å². The van der Waals surface area contributed by atoms with Crippen LogP contribution < -0.4 is 5.32 Å². The number of nitrogens with zero attached hydrogens (tertiary/aromatic N) is 1. The van der Waals surface area contributed by atoms with Gasteiger partial charge in [-0.1, -0.05) is 0 Å². The first-order valence-corrected chi connectivity index (χ1v) is 6.05. The number of rotatable bonds is 4. The maximum absolute atomic E-state index is 5.63. The van der Waals surface area contributed by atoms with Crippen LogP contribution in [-0.4, -0.2) is 24.7 Å². The molecule has 1 saturated heterocycles. The second-order valence-corrected chi connectivity index (χ2v) is 4.41. The van der Waals surface area contributed by atoms with Gasteiger partial charge in [-0.3, -0.25) is 0 Å². The summed E-state index contributed by atoms with van der Waals surface area (Å²) in [6, 6.07) is 0. The second-order valence-electron chi connectivity index (χ2n) is 3.69. The first kappa shape index (κ1) is 10.1. The van der Waals surface area contributed by atoms with Gasteiger partial charge in [0.15, 0.2) is 0 Å². The number of thiazole rings is 1. The van der Waals surface area contributed by atoms with E-state index >= 15 is 0 Å². The number of hydrogen-bond acceptors (Lipinski definition) is 4. The number of ether oxygens (including phenoxy) is 1. The molecule has 0 bridgehead atoms. The molecule has 0 amide bonds. The summed E-state index contributed by atoms with van der Waals surface area (Å²) < 4.78 is 5.63. The minimum atomic E-state index is 0.674. The van der Waals surface area contributed by atoms with E-state index in [0.29, 0.717) is 6.61 Å². The molecule has 1 fully saturated rings. The summed E-state index contributed by atoms with van der Waals surface area (Å²) in [4.78, 5) is 4.18. The zero-order valence-corrected chi connectivity index (χ0v) is 9.05. The van der Waals surface area contributed by atoms with Crippen LogP contribution in [-0.2, 0) is 11.3 Å². The SMILES string of the molecule is c1nc(COCC2CCNCC2)cs1. The highest BCUT2D eigenvalue weighted by Crippen LogP contribution is 2.12. The third-order valence-electron chi connectivity index (χ3n) is 2.55. The van der Waals surface area contributed by atoms with Crippen LogP contribution in [0.15, 0.2) is 10.9 Å². The maximum Gasteiger partial charge on any atom is 0.0896 e. The highest BCUT2D eigenvalue weighted by Gasteiger charge is 2.12. The van der Waals surface area contributed by atoms with Gasteiger partial charge < -0.3 is 10.1 Å². The highest BCUT2D eigenvalue weighted by molar-refractivity contribution is 7.07. The molecule has 78 valence electrons. The summed E-state index contributed by atoms with van der Waals surface area (Å²) in [6.07, 6.45) is 2.49. The monoisotopic (exact) mass is 212 g/mol. The lowest BCUT2D eigenvalue weighted by Crippen LogP contribution is -2.29. The van der Waals surface area contributed by atoms with Crippen molar-refractivity contribution in [2.75, 3.05) is 19.7 Å². The van der Waals surface area contributed by atoms with E-state index in [4.69, 9.17) is 4.74 Å². The van der Waals surface area contributed by atoms with E-state index in [1.54, 1.807) is 11.3 Å². The minimum Gasteiger partial charge on any atom is -0.375 e. The molecule has 14 heavy (non-hydrogen) atoms. The van der Waals surface area contributed by atoms with E-state index in [0.717, 1.165) is 31.3 Å². The molecule has 1 N–H and O–H groups in total. The zero-order valence-electron chi connectivity index (χ0n) is 8.24. The molecule has 0 atom stereocenters. The van der Waals surface area contributed by atoms with Gasteiger partial charge in [0.1, 0.15) is 0 Å². The van der Waals surface area contributed by atoms with Crippen molar-refractivity contribution >= 4 is 11.3 Å². The van der Waals surface area contributed by atoms with Crippen LogP contribution in [0, 0.1) is 5.92 Å². The summed E-state index contributed by atoms with van der Waals surface area (Å²) in [5.74, 6) is 0.745. The van der Waals surface area contributed by atoms with Gasteiger partial charge in [0.25, 0.3) is 0 Å². The minimum absolute atomic E-state index is 0.674. The largest absolute Gasteiger partial charge is 0.375 e. The molecule has 0 saturated carbocycles. The van der Waals surface area contributed by atoms with Crippen LogP contribution in [0.4, 0.5) is 0 Å². The molecule has 0 aliphatic carbocycles. The maximum atomic E-state index is 5.63. The van der Waals surface area contributed by atoms with Crippen molar-refractivity contribution < 1.29 is 4.74 Å². The molecular formula is C10H16N2OS. The number of nitrogens with one attached hydrogen (secondary N) is 1. The third kappa shape index (κ3) is 3.04. The van der Waals surface area contributed by atoms with E-state index < -0.39 is 0 Å². The second kappa shape index (κ2) is 5.44. The van der Waals surface area contributed by atoms with Crippen LogP contribution in [0.25, 0.3) is 0 Å². The van der Waals surface area contributed by atoms with Gasteiger partial charge in [-0.15, -0.1) is 11.3 Å². The summed E-state index contributed by atoms with van der Waals surface area (Å²) >= 11 is 1.62. The number of hydrogen-bond donors (Lipinski definition) is 1. The fraction of sp³-hybridized carbons (Fsp3) is 0.700. The van der Waals surface area contributed by atoms with Crippen molar-refractivity contribution in [3.8, 4) is 0 Å². The molecular weight excluding hydrogens is 196 g/mol. The van der Waals surface area contributed by atoms with Crippen molar-refractivity contribution in [2.45, 2.75) is 19.4 Å². The Morgan fingerprint density at radius 2 is 2.36 bits per heavy atom. The average molecular weight is 212 g/mol. The van der Waals surface area contributed by atoms with Crippen LogP contribution >= 0.6 is 11.3 Å². The Morgan fingerprint density at radius 1 is 1.50 bits per heavy atom. The molecule has 0 unspecified atom stereocenters. The van der Waals surface area contributed by atoms with E-state index in [2.05, 4.69) is 10.3 Å². The van der Waals surface area contributed by atoms with E-state index in [1.807, 2.05) is 10.9 Å². The van der Waals surface area contributed by atoms with E-state index in [-0.39, 0.29) is 0 Å². The predicted octanol–water partition coefficient (Wildman–Crippen LogP) is 1.66. The van der Waals surface area contributed by atoms with Crippen molar-refractivity contribution in [3.05, 3.63) is 16.6 Å². The summed E-state index contributed by atoms with van der Waals surface area (Å²) in [5.41, 5.74) is 2.91. The predicted molar refractivity (Wildman–Crippen MR) is 57.4 cm³/mol. The van der Waals surface area contributed by atoms with Gasteiger partial charge in [0.2, 0.25) is 0 Å². The van der Waals surface area contributed by atoms with Crippen molar-refractivity contribution in [1.29, 1.82) is 0 Å². The number of piperidine rings is 1. The Kier molecular flexibility index (Phi) is 3.91. The first-order valence-electron chi connectivity index (χ1n) is 5.10. The lowest BCUT2D eigenvalue weighted by Gasteiger charge is -2.22. The molecule has 1 aromatic heterocycles. The summed E-state index contributed by atoms with van der Waals surface area (Å²) in [5, 5.41) is 5.40. The lowest BCUT2D eigenvalue weighted by atomic mass is 9.99. The van der Waals surface area contributed by atoms with Crippen molar-refractivity contribution in [1.82, 2.24) is 10.3 Å². The van der Waals surface area contributed by atoms with Crippen molar-refractivity contribution in [2.24, 2.45) is 5.92 Å². The topological polar surface area (TPSA) is 34.1 Å². The van der Waals surface area contributed by atoms with Gasteiger partial charge in [-0.05, 0) is 31.8 Å². The standard InChI is InChI=1S/C10H16N2OS/c1-3-11-4-2-9(1)5-13-6-10-7-14-8-12-10/h7-9,11H,1-6H2. The molecule has 0 spiro atoms. The van der Waals surface area contributed by atoms with Crippen LogP contribution in [0.3, 0.4) is 0 Å². The Hall–Kier alpha value is -0.450. The molecule has 3 nitrogen and oxygen atoms in total. The van der Waals surface area contributed by atoms with E-state index in [1.165, 1.54) is 12.8 Å². The van der Waals surface area contributed by atoms with Gasteiger partial charge >= 0.3 is 0 Å².